The van der Waals surface area contributed by atoms with Crippen LogP contribution in [-0.2, 0) is 21.2 Å². The number of furan rings is 1. The summed E-state index contributed by atoms with van der Waals surface area (Å²) in [5, 5.41) is 5.65. The van der Waals surface area contributed by atoms with Gasteiger partial charge in [0.1, 0.15) is 15.6 Å². The van der Waals surface area contributed by atoms with E-state index in [1.807, 2.05) is 0 Å². The van der Waals surface area contributed by atoms with Gasteiger partial charge in [-0.1, -0.05) is 0 Å². The second-order valence-electron chi connectivity index (χ2n) is 4.68. The smallest absolute Gasteiger partial charge is 0.237 e. The Morgan fingerprint density at radius 1 is 1.42 bits per heavy atom. The monoisotopic (exact) mass is 288 g/mol. The molecule has 2 unspecified atom stereocenters. The highest BCUT2D eigenvalue weighted by atomic mass is 32.2. The number of hydrogen-bond acceptors (Lipinski definition) is 5. The Hall–Kier alpha value is -1.34. The van der Waals surface area contributed by atoms with Crippen molar-refractivity contribution < 1.29 is 17.6 Å². The average Bonchev–Trinajstić information content (AvgIpc) is 2.75. The molecule has 0 bridgehead atoms. The number of sulfone groups is 1. The molecule has 0 aromatic carbocycles. The highest BCUT2D eigenvalue weighted by molar-refractivity contribution is 7.90. The number of rotatable bonds is 7. The largest absolute Gasteiger partial charge is 0.467 e. The van der Waals surface area contributed by atoms with Gasteiger partial charge >= 0.3 is 0 Å². The Kier molecular flexibility index (Phi) is 5.56. The van der Waals surface area contributed by atoms with Gasteiger partial charge in [-0.15, -0.1) is 0 Å². The Morgan fingerprint density at radius 3 is 2.63 bits per heavy atom. The summed E-state index contributed by atoms with van der Waals surface area (Å²) in [7, 11) is -3.05. The van der Waals surface area contributed by atoms with Crippen LogP contribution >= 0.6 is 0 Å². The van der Waals surface area contributed by atoms with Crippen molar-refractivity contribution in [2.24, 2.45) is 0 Å². The van der Waals surface area contributed by atoms with E-state index in [0.717, 1.165) is 0 Å². The van der Waals surface area contributed by atoms with Crippen LogP contribution in [0.2, 0.25) is 0 Å². The van der Waals surface area contributed by atoms with E-state index in [4.69, 9.17) is 4.42 Å². The van der Waals surface area contributed by atoms with Crippen molar-refractivity contribution in [1.29, 1.82) is 0 Å². The number of amides is 1. The molecule has 0 aliphatic rings. The molecule has 1 aromatic rings. The van der Waals surface area contributed by atoms with E-state index in [-0.39, 0.29) is 17.7 Å². The molecule has 2 atom stereocenters. The molecule has 7 heteroatoms. The first kappa shape index (κ1) is 15.7. The topological polar surface area (TPSA) is 88.4 Å². The molecule has 0 spiro atoms. The molecule has 1 rings (SSSR count). The number of hydrogen-bond donors (Lipinski definition) is 2. The Morgan fingerprint density at radius 2 is 2.11 bits per heavy atom. The molecule has 0 fully saturated rings. The van der Waals surface area contributed by atoms with Crippen LogP contribution < -0.4 is 10.6 Å². The minimum absolute atomic E-state index is 0.00278. The summed E-state index contributed by atoms with van der Waals surface area (Å²) in [5.74, 6) is 0.476. The molecule has 0 aliphatic heterocycles. The van der Waals surface area contributed by atoms with Crippen molar-refractivity contribution in [3.05, 3.63) is 24.2 Å². The van der Waals surface area contributed by atoms with E-state index >= 15 is 0 Å². The molecule has 2 N–H and O–H groups in total. The van der Waals surface area contributed by atoms with Gasteiger partial charge in [-0.05, 0) is 26.0 Å². The van der Waals surface area contributed by atoms with Crippen LogP contribution in [0.15, 0.2) is 22.8 Å². The zero-order chi connectivity index (χ0) is 14.5. The van der Waals surface area contributed by atoms with Crippen molar-refractivity contribution >= 4 is 15.7 Å². The van der Waals surface area contributed by atoms with E-state index in [1.165, 1.54) is 12.5 Å². The van der Waals surface area contributed by atoms with Crippen LogP contribution in [-0.4, -0.2) is 38.4 Å². The second-order valence-corrected chi connectivity index (χ2v) is 6.86. The van der Waals surface area contributed by atoms with E-state index in [2.05, 4.69) is 10.6 Å². The Bertz CT molecular complexity index is 496. The molecule has 0 aliphatic carbocycles. The highest BCUT2D eigenvalue weighted by Gasteiger charge is 2.17. The summed E-state index contributed by atoms with van der Waals surface area (Å²) in [6.07, 6.45) is 2.71. The van der Waals surface area contributed by atoms with Crippen molar-refractivity contribution in [3.63, 3.8) is 0 Å². The SMILES string of the molecule is CC(CS(C)(=O)=O)NC(C)C(=O)NCc1ccco1. The quantitative estimate of drug-likeness (QED) is 0.753. The number of nitrogens with one attached hydrogen (secondary N) is 2. The van der Waals surface area contributed by atoms with Crippen LogP contribution in [0.3, 0.4) is 0 Å². The van der Waals surface area contributed by atoms with E-state index in [1.54, 1.807) is 26.0 Å². The van der Waals surface area contributed by atoms with Crippen LogP contribution in [0.1, 0.15) is 19.6 Å². The molecule has 1 amide bonds. The van der Waals surface area contributed by atoms with Gasteiger partial charge in [0, 0.05) is 12.3 Å². The summed E-state index contributed by atoms with van der Waals surface area (Å²) < 4.78 is 27.3. The summed E-state index contributed by atoms with van der Waals surface area (Å²) in [6.45, 7) is 3.74. The van der Waals surface area contributed by atoms with Gasteiger partial charge in [-0.25, -0.2) is 8.42 Å². The highest BCUT2D eigenvalue weighted by Crippen LogP contribution is 1.99. The molecule has 0 saturated heterocycles. The van der Waals surface area contributed by atoms with Crippen LogP contribution in [0.4, 0.5) is 0 Å². The van der Waals surface area contributed by atoms with Crippen LogP contribution in [0.5, 0.6) is 0 Å². The van der Waals surface area contributed by atoms with Crippen LogP contribution in [0.25, 0.3) is 0 Å². The fraction of sp³-hybridized carbons (Fsp3) is 0.583. The maximum absolute atomic E-state index is 11.8. The van der Waals surface area contributed by atoms with Gasteiger partial charge in [0.05, 0.1) is 24.6 Å². The summed E-state index contributed by atoms with van der Waals surface area (Å²) in [6, 6.07) is 2.77. The molecule has 1 heterocycles. The van der Waals surface area contributed by atoms with Crippen LogP contribution in [0, 0.1) is 0 Å². The molecule has 0 radical (unpaired) electrons. The zero-order valence-corrected chi connectivity index (χ0v) is 12.2. The molecule has 108 valence electrons. The standard InChI is InChI=1S/C12H20N2O4S/c1-9(8-19(3,16)17)14-10(2)12(15)13-7-11-5-4-6-18-11/h4-6,9-10,14H,7-8H2,1-3H3,(H,13,15). The van der Waals surface area contributed by atoms with Gasteiger partial charge < -0.3 is 15.1 Å². The summed E-state index contributed by atoms with van der Waals surface area (Å²) in [4.78, 5) is 11.8. The third-order valence-electron chi connectivity index (χ3n) is 2.50. The third-order valence-corrected chi connectivity index (χ3v) is 3.60. The van der Waals surface area contributed by atoms with Crippen molar-refractivity contribution in [3.8, 4) is 0 Å². The maximum atomic E-state index is 11.8. The predicted molar refractivity (Wildman–Crippen MR) is 72.3 cm³/mol. The lowest BCUT2D eigenvalue weighted by atomic mass is 10.2. The van der Waals surface area contributed by atoms with Gasteiger partial charge in [0.15, 0.2) is 0 Å². The molecule has 1 aromatic heterocycles. The molecular weight excluding hydrogens is 268 g/mol. The lowest BCUT2D eigenvalue weighted by Gasteiger charge is -2.18. The number of carbonyl (C=O) groups is 1. The Labute approximate surface area is 113 Å². The van der Waals surface area contributed by atoms with E-state index in [9.17, 15) is 13.2 Å². The van der Waals surface area contributed by atoms with Gasteiger partial charge in [0.2, 0.25) is 5.91 Å². The van der Waals surface area contributed by atoms with E-state index in [0.29, 0.717) is 12.3 Å². The van der Waals surface area contributed by atoms with Gasteiger partial charge in [-0.2, -0.15) is 0 Å². The lowest BCUT2D eigenvalue weighted by Crippen LogP contribution is -2.47. The first-order valence-corrected chi connectivity index (χ1v) is 8.08. The lowest BCUT2D eigenvalue weighted by molar-refractivity contribution is -0.123. The summed E-state index contributed by atoms with van der Waals surface area (Å²) in [5.41, 5.74) is 0. The Balaban J connectivity index is 2.36. The molecule has 0 saturated carbocycles. The first-order valence-electron chi connectivity index (χ1n) is 6.02. The molecule has 6 nitrogen and oxygen atoms in total. The fourth-order valence-corrected chi connectivity index (χ4v) is 2.75. The minimum atomic E-state index is -3.05. The normalized spacial score (nSPS) is 14.9. The summed E-state index contributed by atoms with van der Waals surface area (Å²) >= 11 is 0. The minimum Gasteiger partial charge on any atom is -0.467 e. The molecule has 19 heavy (non-hydrogen) atoms. The van der Waals surface area contributed by atoms with Gasteiger partial charge in [0.25, 0.3) is 0 Å². The zero-order valence-electron chi connectivity index (χ0n) is 11.3. The first-order chi connectivity index (χ1) is 8.78. The number of carbonyl (C=O) groups excluding carboxylic acids is 1. The predicted octanol–water partition coefficient (Wildman–Crippen LogP) is 0.307. The van der Waals surface area contributed by atoms with E-state index < -0.39 is 15.9 Å². The van der Waals surface area contributed by atoms with Gasteiger partial charge in [-0.3, -0.25) is 4.79 Å². The van der Waals surface area contributed by atoms with Crippen molar-refractivity contribution in [2.45, 2.75) is 32.5 Å². The molecular formula is C12H20N2O4S. The maximum Gasteiger partial charge on any atom is 0.237 e. The van der Waals surface area contributed by atoms with Crippen molar-refractivity contribution in [1.82, 2.24) is 10.6 Å². The van der Waals surface area contributed by atoms with Crippen molar-refractivity contribution in [2.75, 3.05) is 12.0 Å². The average molecular weight is 288 g/mol. The fourth-order valence-electron chi connectivity index (χ4n) is 1.75. The third kappa shape index (κ3) is 6.40. The second kappa shape index (κ2) is 6.72.